The molecule has 2 heterocycles. The highest BCUT2D eigenvalue weighted by Gasteiger charge is 2.22. The van der Waals surface area contributed by atoms with Gasteiger partial charge in [-0.2, -0.15) is 0 Å². The average Bonchev–Trinajstić information content (AvgIpc) is 2.88. The molecule has 0 aliphatic carbocycles. The minimum Gasteiger partial charge on any atom is -0.368 e. The first-order chi connectivity index (χ1) is 9.65. The van der Waals surface area contributed by atoms with Crippen LogP contribution in [0.1, 0.15) is 12.8 Å². The van der Waals surface area contributed by atoms with Gasteiger partial charge < -0.3 is 10.6 Å². The third kappa shape index (κ3) is 2.20. The van der Waals surface area contributed by atoms with Crippen molar-refractivity contribution in [1.29, 1.82) is 0 Å². The van der Waals surface area contributed by atoms with Crippen LogP contribution >= 0.6 is 0 Å². The van der Waals surface area contributed by atoms with E-state index in [0.29, 0.717) is 18.5 Å². The maximum atomic E-state index is 13.8. The first-order valence-electron chi connectivity index (χ1n) is 6.34. The second-order valence-corrected chi connectivity index (χ2v) is 4.62. The van der Waals surface area contributed by atoms with Gasteiger partial charge in [0.05, 0.1) is 6.20 Å². The van der Waals surface area contributed by atoms with E-state index in [1.165, 1.54) is 0 Å². The summed E-state index contributed by atoms with van der Waals surface area (Å²) >= 11 is 0. The van der Waals surface area contributed by atoms with Crippen LogP contribution in [0, 0.1) is 5.82 Å². The summed E-state index contributed by atoms with van der Waals surface area (Å²) in [7, 11) is 0. The number of aromatic nitrogens is 2. The van der Waals surface area contributed by atoms with Crippen molar-refractivity contribution >= 4 is 17.5 Å². The molecule has 1 amide bonds. The molecule has 5 nitrogen and oxygen atoms in total. The smallest absolute Gasteiger partial charge is 0.227 e. The maximum Gasteiger partial charge on any atom is 0.227 e. The van der Waals surface area contributed by atoms with Gasteiger partial charge in [-0.1, -0.05) is 12.1 Å². The van der Waals surface area contributed by atoms with Gasteiger partial charge in [-0.05, 0) is 18.6 Å². The van der Waals surface area contributed by atoms with Crippen LogP contribution in [0.25, 0.3) is 11.3 Å². The topological polar surface area (TPSA) is 72.1 Å². The monoisotopic (exact) mass is 272 g/mol. The fourth-order valence-corrected chi connectivity index (χ4v) is 2.33. The van der Waals surface area contributed by atoms with Gasteiger partial charge >= 0.3 is 0 Å². The fraction of sp³-hybridized carbons (Fsp3) is 0.214. The molecule has 0 unspecified atom stereocenters. The number of rotatable bonds is 2. The number of nitrogens with zero attached hydrogens (tertiary/aromatic N) is 3. The van der Waals surface area contributed by atoms with Gasteiger partial charge in [0.25, 0.3) is 0 Å². The quantitative estimate of drug-likeness (QED) is 0.907. The number of benzene rings is 1. The van der Waals surface area contributed by atoms with E-state index < -0.39 is 5.82 Å². The van der Waals surface area contributed by atoms with E-state index in [4.69, 9.17) is 5.73 Å². The predicted octanol–water partition coefficient (Wildman–Crippen LogP) is 1.99. The van der Waals surface area contributed by atoms with E-state index in [2.05, 4.69) is 9.97 Å². The average molecular weight is 272 g/mol. The van der Waals surface area contributed by atoms with E-state index in [1.807, 2.05) is 6.07 Å². The summed E-state index contributed by atoms with van der Waals surface area (Å²) in [4.78, 5) is 21.0. The summed E-state index contributed by atoms with van der Waals surface area (Å²) in [6, 6.07) is 7.08. The third-order valence-corrected chi connectivity index (χ3v) is 3.27. The largest absolute Gasteiger partial charge is 0.368 e. The first-order valence-corrected chi connectivity index (χ1v) is 6.34. The Morgan fingerprint density at radius 2 is 2.20 bits per heavy atom. The molecule has 0 atom stereocenters. The number of nitrogen functional groups attached to an aromatic ring is 1. The molecule has 0 radical (unpaired) electrons. The number of hydrogen-bond acceptors (Lipinski definition) is 4. The highest BCUT2D eigenvalue weighted by Crippen LogP contribution is 2.27. The van der Waals surface area contributed by atoms with Crippen LogP contribution in [-0.2, 0) is 4.79 Å². The van der Waals surface area contributed by atoms with E-state index >= 15 is 0 Å². The van der Waals surface area contributed by atoms with Crippen molar-refractivity contribution < 1.29 is 9.18 Å². The predicted molar refractivity (Wildman–Crippen MR) is 73.4 cm³/mol. The minimum atomic E-state index is -0.538. The molecule has 2 N–H and O–H groups in total. The summed E-state index contributed by atoms with van der Waals surface area (Å²) < 4.78 is 13.8. The molecule has 20 heavy (non-hydrogen) atoms. The summed E-state index contributed by atoms with van der Waals surface area (Å²) in [5.41, 5.74) is 6.97. The Labute approximate surface area is 115 Å². The molecule has 1 saturated heterocycles. The van der Waals surface area contributed by atoms with Gasteiger partial charge in [0.1, 0.15) is 5.69 Å². The summed E-state index contributed by atoms with van der Waals surface area (Å²) in [5, 5.41) is 0. The van der Waals surface area contributed by atoms with Crippen molar-refractivity contribution in [3.63, 3.8) is 0 Å². The summed E-state index contributed by atoms with van der Waals surface area (Å²) in [6.45, 7) is 0.691. The fourth-order valence-electron chi connectivity index (χ4n) is 2.33. The molecule has 102 valence electrons. The van der Waals surface area contributed by atoms with Crippen molar-refractivity contribution in [2.45, 2.75) is 12.8 Å². The van der Waals surface area contributed by atoms with Crippen LogP contribution in [0.2, 0.25) is 0 Å². The minimum absolute atomic E-state index is 0.0176. The molecule has 1 aliphatic heterocycles. The van der Waals surface area contributed by atoms with E-state index in [0.717, 1.165) is 18.3 Å². The second-order valence-electron chi connectivity index (χ2n) is 4.62. The zero-order valence-electron chi connectivity index (χ0n) is 10.7. The van der Waals surface area contributed by atoms with Crippen molar-refractivity contribution in [2.24, 2.45) is 0 Å². The van der Waals surface area contributed by atoms with Crippen LogP contribution in [0.5, 0.6) is 0 Å². The number of carbonyl (C=O) groups excluding carboxylic acids is 1. The molecule has 0 saturated carbocycles. The van der Waals surface area contributed by atoms with E-state index in [-0.39, 0.29) is 17.5 Å². The molecule has 2 aromatic rings. The van der Waals surface area contributed by atoms with Crippen LogP contribution in [-0.4, -0.2) is 22.4 Å². The Kier molecular flexibility index (Phi) is 3.06. The lowest BCUT2D eigenvalue weighted by Crippen LogP contribution is -2.23. The van der Waals surface area contributed by atoms with E-state index in [1.54, 1.807) is 23.1 Å². The zero-order chi connectivity index (χ0) is 14.1. The number of halogens is 1. The van der Waals surface area contributed by atoms with Gasteiger partial charge in [0.15, 0.2) is 5.82 Å². The Morgan fingerprint density at radius 1 is 1.35 bits per heavy atom. The molecule has 3 rings (SSSR count). The normalized spacial score (nSPS) is 14.8. The third-order valence-electron chi connectivity index (χ3n) is 3.27. The lowest BCUT2D eigenvalue weighted by Gasteiger charge is -2.16. The lowest BCUT2D eigenvalue weighted by molar-refractivity contribution is -0.117. The van der Waals surface area contributed by atoms with Crippen molar-refractivity contribution in [1.82, 2.24) is 9.97 Å². The number of hydrogen-bond donors (Lipinski definition) is 1. The van der Waals surface area contributed by atoms with Crippen molar-refractivity contribution in [3.8, 4) is 11.3 Å². The second kappa shape index (κ2) is 4.88. The van der Waals surface area contributed by atoms with Gasteiger partial charge in [0, 0.05) is 24.2 Å². The molecule has 1 aromatic heterocycles. The van der Waals surface area contributed by atoms with Crippen LogP contribution < -0.4 is 10.6 Å². The Morgan fingerprint density at radius 3 is 2.95 bits per heavy atom. The molecular weight excluding hydrogens is 259 g/mol. The maximum absolute atomic E-state index is 13.8. The summed E-state index contributed by atoms with van der Waals surface area (Å²) in [5.74, 6) is -0.432. The van der Waals surface area contributed by atoms with Gasteiger partial charge in [-0.15, -0.1) is 0 Å². The molecule has 0 spiro atoms. The number of carbonyl (C=O) groups is 1. The van der Waals surface area contributed by atoms with Crippen molar-refractivity contribution in [2.75, 3.05) is 17.2 Å². The molecule has 1 aliphatic rings. The number of amides is 1. The SMILES string of the molecule is Nc1ncc(F)c(-c2cccc(N3CCCC3=O)c2)n1. The summed E-state index contributed by atoms with van der Waals surface area (Å²) in [6.07, 6.45) is 2.45. The molecule has 1 fully saturated rings. The zero-order valence-corrected chi connectivity index (χ0v) is 10.7. The Hall–Kier alpha value is -2.50. The van der Waals surface area contributed by atoms with Crippen molar-refractivity contribution in [3.05, 3.63) is 36.3 Å². The molecule has 0 bridgehead atoms. The van der Waals surface area contributed by atoms with E-state index in [9.17, 15) is 9.18 Å². The molecular formula is C14H13FN4O. The number of anilines is 2. The standard InChI is InChI=1S/C14H13FN4O/c15-11-8-17-14(16)18-13(11)9-3-1-4-10(7-9)19-6-2-5-12(19)20/h1,3-4,7-8H,2,5-6H2,(H2,16,17,18). The number of nitrogens with two attached hydrogens (primary N) is 1. The van der Waals surface area contributed by atoms with Crippen LogP contribution in [0.15, 0.2) is 30.5 Å². The van der Waals surface area contributed by atoms with Gasteiger partial charge in [-0.25, -0.2) is 14.4 Å². The highest BCUT2D eigenvalue weighted by molar-refractivity contribution is 5.95. The highest BCUT2D eigenvalue weighted by atomic mass is 19.1. The lowest BCUT2D eigenvalue weighted by atomic mass is 10.1. The van der Waals surface area contributed by atoms with Crippen LogP contribution in [0.4, 0.5) is 16.0 Å². The first kappa shape index (κ1) is 12.5. The Bertz CT molecular complexity index is 674. The van der Waals surface area contributed by atoms with Gasteiger partial charge in [-0.3, -0.25) is 4.79 Å². The van der Waals surface area contributed by atoms with Crippen LogP contribution in [0.3, 0.4) is 0 Å². The molecule has 6 heteroatoms. The van der Waals surface area contributed by atoms with Gasteiger partial charge in [0.2, 0.25) is 11.9 Å². The molecule has 1 aromatic carbocycles. The Balaban J connectivity index is 2.03.